The van der Waals surface area contributed by atoms with Crippen molar-refractivity contribution in [1.29, 1.82) is 0 Å². The number of alkyl halides is 3. The van der Waals surface area contributed by atoms with Crippen molar-refractivity contribution in [3.63, 3.8) is 0 Å². The summed E-state index contributed by atoms with van der Waals surface area (Å²) in [5.41, 5.74) is 0.0732. The minimum absolute atomic E-state index is 0.000336. The van der Waals surface area contributed by atoms with Gasteiger partial charge in [-0.3, -0.25) is 4.79 Å². The SMILES string of the molecule is C[C@@H]1CN([C@@H](C)CO)C(=O)c2cccc(NC(=O)Nc3ccc4c(c3)OCO4)c2O[C@@H]1CN(C)C(=O)Nc1ccc(C(F)(F)F)cc1. The Hall–Kier alpha value is -5.18. The van der Waals surface area contributed by atoms with Crippen LogP contribution in [0.1, 0.15) is 29.8 Å². The van der Waals surface area contributed by atoms with Gasteiger partial charge in [0.2, 0.25) is 6.79 Å². The van der Waals surface area contributed by atoms with E-state index in [0.29, 0.717) is 17.2 Å². The van der Waals surface area contributed by atoms with E-state index in [2.05, 4.69) is 16.0 Å². The van der Waals surface area contributed by atoms with Crippen molar-refractivity contribution in [2.75, 3.05) is 49.5 Å². The molecule has 3 atom stereocenters. The number of aliphatic hydroxyl groups excluding tert-OH is 1. The number of carbonyl (C=O) groups is 3. The van der Waals surface area contributed by atoms with Crippen LogP contribution < -0.4 is 30.2 Å². The third-order valence-corrected chi connectivity index (χ3v) is 7.83. The maximum absolute atomic E-state index is 13.7. The molecular weight excluding hydrogens is 623 g/mol. The number of rotatable bonds is 7. The molecule has 0 saturated carbocycles. The number of urea groups is 2. The van der Waals surface area contributed by atoms with E-state index in [1.807, 2.05) is 6.92 Å². The fourth-order valence-electron chi connectivity index (χ4n) is 5.13. The van der Waals surface area contributed by atoms with Gasteiger partial charge in [0, 0.05) is 37.0 Å². The van der Waals surface area contributed by atoms with E-state index in [9.17, 15) is 32.7 Å². The third kappa shape index (κ3) is 7.62. The lowest BCUT2D eigenvalue weighted by Crippen LogP contribution is -2.50. The number of likely N-dealkylation sites (N-methyl/N-ethyl adjacent to an activating group) is 1. The Morgan fingerprint density at radius 2 is 1.72 bits per heavy atom. The zero-order chi connectivity index (χ0) is 33.9. The minimum atomic E-state index is -4.51. The highest BCUT2D eigenvalue weighted by atomic mass is 19.4. The van der Waals surface area contributed by atoms with Crippen molar-refractivity contribution in [3.05, 3.63) is 71.8 Å². The minimum Gasteiger partial charge on any atom is -0.485 e. The van der Waals surface area contributed by atoms with Crippen molar-refractivity contribution in [3.8, 4) is 17.2 Å². The van der Waals surface area contributed by atoms with E-state index in [4.69, 9.17) is 14.2 Å². The molecule has 250 valence electrons. The van der Waals surface area contributed by atoms with Crippen molar-refractivity contribution >= 4 is 35.0 Å². The molecule has 47 heavy (non-hydrogen) atoms. The second kappa shape index (κ2) is 13.7. The number of hydrogen-bond donors (Lipinski definition) is 4. The Morgan fingerprint density at radius 1 is 1.02 bits per heavy atom. The van der Waals surface area contributed by atoms with Crippen LogP contribution in [-0.2, 0) is 6.18 Å². The highest BCUT2D eigenvalue weighted by Crippen LogP contribution is 2.37. The number of anilines is 3. The molecule has 0 bridgehead atoms. The van der Waals surface area contributed by atoms with E-state index in [-0.39, 0.29) is 55.1 Å². The number of carbonyl (C=O) groups excluding carboxylic acids is 3. The number of fused-ring (bicyclic) bond motifs is 2. The summed E-state index contributed by atoms with van der Waals surface area (Å²) >= 11 is 0. The van der Waals surface area contributed by atoms with Crippen molar-refractivity contribution in [2.45, 2.75) is 32.2 Å². The first kappa shape index (κ1) is 33.2. The fraction of sp³-hybridized carbons (Fsp3) is 0.344. The lowest BCUT2D eigenvalue weighted by atomic mass is 9.99. The topological polar surface area (TPSA) is 142 Å². The van der Waals surface area contributed by atoms with Crippen LogP contribution >= 0.6 is 0 Å². The highest BCUT2D eigenvalue weighted by Gasteiger charge is 2.35. The van der Waals surface area contributed by atoms with Crippen molar-refractivity contribution in [1.82, 2.24) is 9.80 Å². The number of para-hydroxylation sites is 1. The summed E-state index contributed by atoms with van der Waals surface area (Å²) in [5, 5.41) is 17.9. The summed E-state index contributed by atoms with van der Waals surface area (Å²) in [5.74, 6) is 0.301. The molecule has 3 aromatic carbocycles. The Morgan fingerprint density at radius 3 is 2.43 bits per heavy atom. The van der Waals surface area contributed by atoms with E-state index in [0.717, 1.165) is 24.3 Å². The fourth-order valence-corrected chi connectivity index (χ4v) is 5.13. The lowest BCUT2D eigenvalue weighted by Gasteiger charge is -2.38. The summed E-state index contributed by atoms with van der Waals surface area (Å²) in [6.45, 7) is 3.48. The van der Waals surface area contributed by atoms with Crippen LogP contribution in [0.3, 0.4) is 0 Å². The number of nitrogens with zero attached hydrogens (tertiary/aromatic N) is 2. The van der Waals surface area contributed by atoms with Crippen molar-refractivity contribution < 1.29 is 46.9 Å². The van der Waals surface area contributed by atoms with E-state index in [1.165, 1.54) is 16.8 Å². The van der Waals surface area contributed by atoms with Crippen LogP contribution in [0.25, 0.3) is 0 Å². The van der Waals surface area contributed by atoms with Crippen LogP contribution in [-0.4, -0.2) is 78.6 Å². The Labute approximate surface area is 268 Å². The summed E-state index contributed by atoms with van der Waals surface area (Å²) in [6, 6.07) is 11.9. The molecule has 0 aliphatic carbocycles. The maximum Gasteiger partial charge on any atom is 0.416 e. The first-order chi connectivity index (χ1) is 22.3. The number of halogens is 3. The largest absolute Gasteiger partial charge is 0.485 e. The normalized spacial score (nSPS) is 17.9. The van der Waals surface area contributed by atoms with Gasteiger partial charge in [-0.15, -0.1) is 0 Å². The molecule has 0 fully saturated rings. The average molecular weight is 658 g/mol. The summed E-state index contributed by atoms with van der Waals surface area (Å²) in [7, 11) is 1.50. The van der Waals surface area contributed by atoms with Crippen LogP contribution in [0.15, 0.2) is 60.7 Å². The molecule has 2 aliphatic rings. The monoisotopic (exact) mass is 657 g/mol. The van der Waals surface area contributed by atoms with Gasteiger partial charge in [0.15, 0.2) is 17.2 Å². The number of ether oxygens (including phenoxy) is 3. The van der Waals surface area contributed by atoms with Gasteiger partial charge < -0.3 is 45.1 Å². The maximum atomic E-state index is 13.7. The molecule has 2 aliphatic heterocycles. The molecule has 0 aromatic heterocycles. The Bertz CT molecular complexity index is 1640. The van der Waals surface area contributed by atoms with Crippen LogP contribution in [0, 0.1) is 5.92 Å². The molecule has 4 N–H and O–H groups in total. The molecular formula is C32H34F3N5O7. The van der Waals surface area contributed by atoms with E-state index >= 15 is 0 Å². The van der Waals surface area contributed by atoms with Gasteiger partial charge in [-0.25, -0.2) is 9.59 Å². The summed E-state index contributed by atoms with van der Waals surface area (Å²) < 4.78 is 55.9. The molecule has 0 spiro atoms. The predicted octanol–water partition coefficient (Wildman–Crippen LogP) is 5.46. The summed E-state index contributed by atoms with van der Waals surface area (Å²) in [4.78, 5) is 42.7. The number of hydrogen-bond acceptors (Lipinski definition) is 7. The third-order valence-electron chi connectivity index (χ3n) is 7.83. The Balaban J connectivity index is 1.37. The molecule has 15 heteroatoms. The first-order valence-electron chi connectivity index (χ1n) is 14.7. The van der Waals surface area contributed by atoms with Gasteiger partial charge in [-0.2, -0.15) is 13.2 Å². The molecule has 2 heterocycles. The standard InChI is InChI=1S/C32H34F3N5O7/c1-18-14-40(19(2)16-41)29(42)23-5-4-6-24(38-30(43)36-22-11-12-25-26(13-22)46-17-45-25)28(23)47-27(18)15-39(3)31(44)37-21-9-7-20(8-10-21)32(33,34)35/h4-13,18-19,27,41H,14-17H2,1-3H3,(H,37,44)(H2,36,38,43)/t18-,19+,27-/m1/s1. The van der Waals surface area contributed by atoms with Gasteiger partial charge in [0.1, 0.15) is 6.10 Å². The van der Waals surface area contributed by atoms with Gasteiger partial charge >= 0.3 is 18.2 Å². The number of benzene rings is 3. The number of amides is 5. The van der Waals surface area contributed by atoms with Gasteiger partial charge in [0.25, 0.3) is 5.91 Å². The second-order valence-electron chi connectivity index (χ2n) is 11.3. The number of aliphatic hydroxyl groups is 1. The van der Waals surface area contributed by atoms with Crippen molar-refractivity contribution in [2.24, 2.45) is 5.92 Å². The quantitative estimate of drug-likeness (QED) is 0.264. The molecule has 5 rings (SSSR count). The van der Waals surface area contributed by atoms with Crippen LogP contribution in [0.4, 0.5) is 39.8 Å². The zero-order valence-corrected chi connectivity index (χ0v) is 25.8. The highest BCUT2D eigenvalue weighted by molar-refractivity contribution is 6.04. The van der Waals surface area contributed by atoms with E-state index in [1.54, 1.807) is 43.3 Å². The molecule has 0 unspecified atom stereocenters. The zero-order valence-electron chi connectivity index (χ0n) is 25.8. The smallest absolute Gasteiger partial charge is 0.416 e. The molecule has 3 aromatic rings. The van der Waals surface area contributed by atoms with Crippen LogP contribution in [0.5, 0.6) is 17.2 Å². The number of nitrogens with one attached hydrogen (secondary N) is 3. The van der Waals surface area contributed by atoms with Gasteiger partial charge in [-0.1, -0.05) is 13.0 Å². The molecule has 12 nitrogen and oxygen atoms in total. The van der Waals surface area contributed by atoms with Crippen LogP contribution in [0.2, 0.25) is 0 Å². The average Bonchev–Trinajstić information content (AvgIpc) is 3.50. The molecule has 5 amide bonds. The Kier molecular flexibility index (Phi) is 9.65. The molecule has 0 saturated heterocycles. The first-order valence-corrected chi connectivity index (χ1v) is 14.7. The van der Waals surface area contributed by atoms with Gasteiger partial charge in [0.05, 0.1) is 36.0 Å². The summed E-state index contributed by atoms with van der Waals surface area (Å²) in [6.07, 6.45) is -5.23. The second-order valence-corrected chi connectivity index (χ2v) is 11.3. The lowest BCUT2D eigenvalue weighted by molar-refractivity contribution is -0.137. The van der Waals surface area contributed by atoms with E-state index < -0.39 is 41.9 Å². The molecule has 0 radical (unpaired) electrons. The predicted molar refractivity (Wildman–Crippen MR) is 166 cm³/mol. The van der Waals surface area contributed by atoms with Gasteiger partial charge in [-0.05, 0) is 55.5 Å².